The number of nitrogens with zero attached hydrogens (tertiary/aromatic N) is 1. The number of hydrazone groups is 1. The van der Waals surface area contributed by atoms with Gasteiger partial charge in [-0.2, -0.15) is 5.10 Å². The zero-order chi connectivity index (χ0) is 18.5. The van der Waals surface area contributed by atoms with Gasteiger partial charge in [0.2, 0.25) is 0 Å². The van der Waals surface area contributed by atoms with Crippen molar-refractivity contribution in [2.24, 2.45) is 5.10 Å². The molecule has 0 aliphatic heterocycles. The fraction of sp³-hybridized carbons (Fsp3) is 0. The van der Waals surface area contributed by atoms with Gasteiger partial charge in [0.15, 0.2) is 0 Å². The minimum atomic E-state index is -0.408. The van der Waals surface area contributed by atoms with Crippen molar-refractivity contribution < 1.29 is 15.0 Å². The number of hydrogen-bond acceptors (Lipinski definition) is 4. The van der Waals surface area contributed by atoms with E-state index in [1.807, 2.05) is 6.07 Å². The van der Waals surface area contributed by atoms with Crippen molar-refractivity contribution in [2.45, 2.75) is 0 Å². The Balaban J connectivity index is 2.01. The molecule has 0 heterocycles. The predicted molar refractivity (Wildman–Crippen MR) is 103 cm³/mol. The van der Waals surface area contributed by atoms with Crippen LogP contribution >= 0.6 is 15.9 Å². The maximum Gasteiger partial charge on any atom is 0.271 e. The number of rotatable bonds is 4. The van der Waals surface area contributed by atoms with Crippen LogP contribution in [0.3, 0.4) is 0 Å². The number of phenols is 2. The fourth-order valence-electron chi connectivity index (χ4n) is 2.41. The van der Waals surface area contributed by atoms with E-state index >= 15 is 0 Å². The summed E-state index contributed by atoms with van der Waals surface area (Å²) in [5, 5.41) is 24.5. The third-order valence-electron chi connectivity index (χ3n) is 3.67. The summed E-state index contributed by atoms with van der Waals surface area (Å²) in [6, 6.07) is 20.1. The number of nitrogens with one attached hydrogen (secondary N) is 1. The molecule has 0 atom stereocenters. The first kappa shape index (κ1) is 17.7. The van der Waals surface area contributed by atoms with Crippen LogP contribution in [0, 0.1) is 0 Å². The standard InChI is InChI=1S/C20H15BrN2O3/c21-14-7-5-6-13(12-14)20(26)23-22-19(15-8-1-3-10-17(15)24)16-9-2-4-11-18(16)25/h1-12,24-25H,(H,23,26). The lowest BCUT2D eigenvalue weighted by Gasteiger charge is -2.11. The molecule has 130 valence electrons. The SMILES string of the molecule is O=C(NN=C(c1ccccc1O)c1ccccc1O)c1cccc(Br)c1. The molecular formula is C20H15BrN2O3. The fourth-order valence-corrected chi connectivity index (χ4v) is 2.81. The monoisotopic (exact) mass is 410 g/mol. The Kier molecular flexibility index (Phi) is 5.34. The zero-order valence-electron chi connectivity index (χ0n) is 13.6. The van der Waals surface area contributed by atoms with Crippen molar-refractivity contribution in [1.82, 2.24) is 5.43 Å². The van der Waals surface area contributed by atoms with Gasteiger partial charge in [-0.15, -0.1) is 0 Å². The van der Waals surface area contributed by atoms with E-state index in [0.717, 1.165) is 4.47 Å². The summed E-state index contributed by atoms with van der Waals surface area (Å²) in [5.41, 5.74) is 3.95. The third-order valence-corrected chi connectivity index (χ3v) is 4.17. The minimum Gasteiger partial charge on any atom is -0.507 e. The summed E-state index contributed by atoms with van der Waals surface area (Å²) in [6.45, 7) is 0. The van der Waals surface area contributed by atoms with Crippen LogP contribution in [0.2, 0.25) is 0 Å². The lowest BCUT2D eigenvalue weighted by Crippen LogP contribution is -2.20. The Morgan fingerprint density at radius 3 is 1.96 bits per heavy atom. The van der Waals surface area contributed by atoms with Crippen LogP contribution in [-0.2, 0) is 0 Å². The number of hydrogen-bond donors (Lipinski definition) is 3. The van der Waals surface area contributed by atoms with Crippen LogP contribution in [0.15, 0.2) is 82.4 Å². The number of benzene rings is 3. The maximum atomic E-state index is 12.4. The summed E-state index contributed by atoms with van der Waals surface area (Å²) < 4.78 is 0.774. The van der Waals surface area contributed by atoms with Gasteiger partial charge >= 0.3 is 0 Å². The van der Waals surface area contributed by atoms with E-state index in [4.69, 9.17) is 0 Å². The van der Waals surface area contributed by atoms with Crippen LogP contribution in [0.4, 0.5) is 0 Å². The molecule has 0 fully saturated rings. The van der Waals surface area contributed by atoms with E-state index in [9.17, 15) is 15.0 Å². The van der Waals surface area contributed by atoms with Crippen LogP contribution in [0.25, 0.3) is 0 Å². The summed E-state index contributed by atoms with van der Waals surface area (Å²) in [5.74, 6) is -0.424. The van der Waals surface area contributed by atoms with E-state index < -0.39 is 5.91 Å². The molecule has 0 saturated carbocycles. The van der Waals surface area contributed by atoms with Crippen molar-refractivity contribution >= 4 is 27.5 Å². The molecule has 0 bridgehead atoms. The molecule has 26 heavy (non-hydrogen) atoms. The molecule has 3 aromatic rings. The summed E-state index contributed by atoms with van der Waals surface area (Å²) in [4.78, 5) is 12.4. The molecule has 0 saturated heterocycles. The summed E-state index contributed by atoms with van der Waals surface area (Å²) in [7, 11) is 0. The first-order valence-corrected chi connectivity index (χ1v) is 8.56. The van der Waals surface area contributed by atoms with E-state index in [2.05, 4.69) is 26.5 Å². The lowest BCUT2D eigenvalue weighted by molar-refractivity contribution is 0.0955. The molecule has 1 amide bonds. The Morgan fingerprint density at radius 2 is 1.42 bits per heavy atom. The van der Waals surface area contributed by atoms with Gasteiger partial charge in [0.05, 0.1) is 0 Å². The number of carbonyl (C=O) groups excluding carboxylic acids is 1. The Hall–Kier alpha value is -3.12. The van der Waals surface area contributed by atoms with Crippen LogP contribution in [0.1, 0.15) is 21.5 Å². The molecule has 0 aliphatic rings. The molecule has 3 aromatic carbocycles. The van der Waals surface area contributed by atoms with Gasteiger partial charge in [-0.05, 0) is 42.5 Å². The van der Waals surface area contributed by atoms with E-state index in [0.29, 0.717) is 16.7 Å². The van der Waals surface area contributed by atoms with E-state index in [-0.39, 0.29) is 17.2 Å². The van der Waals surface area contributed by atoms with Crippen LogP contribution in [0.5, 0.6) is 11.5 Å². The predicted octanol–water partition coefficient (Wildman–Crippen LogP) is 4.04. The van der Waals surface area contributed by atoms with Crippen molar-refractivity contribution in [2.75, 3.05) is 0 Å². The number of para-hydroxylation sites is 2. The van der Waals surface area contributed by atoms with Gasteiger partial charge in [0.1, 0.15) is 17.2 Å². The smallest absolute Gasteiger partial charge is 0.271 e. The third kappa shape index (κ3) is 3.92. The van der Waals surface area contributed by atoms with Crippen LogP contribution in [-0.4, -0.2) is 21.8 Å². The Labute approximate surface area is 158 Å². The van der Waals surface area contributed by atoms with E-state index in [1.54, 1.807) is 54.6 Å². The van der Waals surface area contributed by atoms with Gasteiger partial charge in [0.25, 0.3) is 5.91 Å². The molecule has 5 nitrogen and oxygen atoms in total. The Morgan fingerprint density at radius 1 is 0.846 bits per heavy atom. The quantitative estimate of drug-likeness (QED) is 0.448. The van der Waals surface area contributed by atoms with Gasteiger partial charge in [-0.1, -0.05) is 46.3 Å². The summed E-state index contributed by atoms with van der Waals surface area (Å²) >= 11 is 3.32. The van der Waals surface area contributed by atoms with Crippen molar-refractivity contribution in [3.05, 3.63) is 94.0 Å². The maximum absolute atomic E-state index is 12.4. The van der Waals surface area contributed by atoms with Gasteiger partial charge in [-0.3, -0.25) is 4.79 Å². The number of carbonyl (C=O) groups is 1. The highest BCUT2D eigenvalue weighted by atomic mass is 79.9. The van der Waals surface area contributed by atoms with Gasteiger partial charge < -0.3 is 10.2 Å². The zero-order valence-corrected chi connectivity index (χ0v) is 15.1. The highest BCUT2D eigenvalue weighted by molar-refractivity contribution is 9.10. The average molecular weight is 411 g/mol. The molecule has 0 spiro atoms. The lowest BCUT2D eigenvalue weighted by atomic mass is 10.0. The van der Waals surface area contributed by atoms with E-state index in [1.165, 1.54) is 12.1 Å². The molecular weight excluding hydrogens is 396 g/mol. The number of amides is 1. The van der Waals surface area contributed by atoms with Gasteiger partial charge in [-0.25, -0.2) is 5.43 Å². The number of halogens is 1. The Bertz CT molecular complexity index is 939. The summed E-state index contributed by atoms with van der Waals surface area (Å²) in [6.07, 6.45) is 0. The topological polar surface area (TPSA) is 81.9 Å². The average Bonchev–Trinajstić information content (AvgIpc) is 2.64. The highest BCUT2D eigenvalue weighted by Gasteiger charge is 2.15. The molecule has 3 N–H and O–H groups in total. The van der Waals surface area contributed by atoms with Gasteiger partial charge in [0, 0.05) is 21.2 Å². The number of aromatic hydroxyl groups is 2. The molecule has 3 rings (SSSR count). The minimum absolute atomic E-state index is 0.00814. The number of phenolic OH excluding ortho intramolecular Hbond substituents is 2. The molecule has 0 unspecified atom stereocenters. The van der Waals surface area contributed by atoms with Crippen molar-refractivity contribution in [1.29, 1.82) is 0 Å². The normalized spacial score (nSPS) is 10.2. The highest BCUT2D eigenvalue weighted by Crippen LogP contribution is 2.25. The molecule has 0 aromatic heterocycles. The molecule has 0 radical (unpaired) electrons. The largest absolute Gasteiger partial charge is 0.507 e. The first-order chi connectivity index (χ1) is 12.6. The second-order valence-corrected chi connectivity index (χ2v) is 6.36. The second-order valence-electron chi connectivity index (χ2n) is 5.45. The molecule has 0 aliphatic carbocycles. The molecule has 6 heteroatoms. The first-order valence-electron chi connectivity index (χ1n) is 7.76. The second kappa shape index (κ2) is 7.84. The van der Waals surface area contributed by atoms with Crippen LogP contribution < -0.4 is 5.43 Å². The van der Waals surface area contributed by atoms with Crippen molar-refractivity contribution in [3.63, 3.8) is 0 Å². The van der Waals surface area contributed by atoms with Crippen molar-refractivity contribution in [3.8, 4) is 11.5 Å².